The molecule has 166 valence electrons. The summed E-state index contributed by atoms with van der Waals surface area (Å²) >= 11 is 0. The van der Waals surface area contributed by atoms with Gasteiger partial charge >= 0.3 is 0 Å². The summed E-state index contributed by atoms with van der Waals surface area (Å²) < 4.78 is 21.2. The summed E-state index contributed by atoms with van der Waals surface area (Å²) in [5.74, 6) is 1.19. The molecule has 3 aromatic heterocycles. The summed E-state index contributed by atoms with van der Waals surface area (Å²) in [7, 11) is 0. The molecule has 0 amide bonds. The quantitative estimate of drug-likeness (QED) is 0.336. The Balaban J connectivity index is 1.57. The van der Waals surface area contributed by atoms with Gasteiger partial charge in [-0.1, -0.05) is 6.07 Å². The predicted molar refractivity (Wildman–Crippen MR) is 128 cm³/mol. The van der Waals surface area contributed by atoms with Crippen molar-refractivity contribution < 1.29 is 8.81 Å². The molecule has 0 bridgehead atoms. The van der Waals surface area contributed by atoms with Crippen molar-refractivity contribution in [3.05, 3.63) is 78.7 Å². The molecule has 0 spiro atoms. The van der Waals surface area contributed by atoms with Gasteiger partial charge in [-0.3, -0.25) is 4.98 Å². The van der Waals surface area contributed by atoms with E-state index in [0.717, 1.165) is 45.2 Å². The van der Waals surface area contributed by atoms with Gasteiger partial charge in [0.1, 0.15) is 22.9 Å². The lowest BCUT2D eigenvalue weighted by molar-refractivity contribution is 0.413. The topological polar surface area (TPSA) is 68.8 Å². The largest absolute Gasteiger partial charge is 0.442 e. The zero-order valence-corrected chi connectivity index (χ0v) is 18.9. The number of pyridine rings is 1. The maximum Gasteiger partial charge on any atom is 0.181 e. The monoisotopic (exact) mass is 441 g/mol. The zero-order chi connectivity index (χ0) is 23.2. The fraction of sp³-hybridized carbons (Fsp3) is 0.192. The van der Waals surface area contributed by atoms with Crippen LogP contribution in [0.4, 0.5) is 15.8 Å². The van der Waals surface area contributed by atoms with Crippen molar-refractivity contribution in [2.24, 2.45) is 0 Å². The van der Waals surface area contributed by atoms with Crippen LogP contribution in [-0.2, 0) is 5.54 Å². The van der Waals surface area contributed by atoms with E-state index in [9.17, 15) is 4.39 Å². The first kappa shape index (κ1) is 20.9. The minimum absolute atomic E-state index is 0.227. The van der Waals surface area contributed by atoms with E-state index in [4.69, 9.17) is 9.40 Å². The number of aromatic nitrogens is 4. The highest BCUT2D eigenvalue weighted by molar-refractivity contribution is 5.93. The molecule has 0 aliphatic rings. The number of imidazole rings is 1. The Labute approximate surface area is 191 Å². The highest BCUT2D eigenvalue weighted by Gasteiger charge is 2.23. The summed E-state index contributed by atoms with van der Waals surface area (Å²) in [6, 6.07) is 16.3. The van der Waals surface area contributed by atoms with Crippen molar-refractivity contribution in [1.29, 1.82) is 0 Å². The molecule has 3 heterocycles. The molecule has 0 aliphatic carbocycles. The zero-order valence-electron chi connectivity index (χ0n) is 18.9. The molecule has 7 heteroatoms. The number of rotatable bonds is 4. The Hall–Kier alpha value is -4.00. The van der Waals surface area contributed by atoms with Crippen molar-refractivity contribution >= 4 is 22.4 Å². The van der Waals surface area contributed by atoms with E-state index in [1.165, 1.54) is 18.5 Å². The number of benzene rings is 2. The third-order valence-electron chi connectivity index (χ3n) is 5.48. The number of oxazole rings is 1. The summed E-state index contributed by atoms with van der Waals surface area (Å²) in [5.41, 5.74) is 5.69. The fourth-order valence-corrected chi connectivity index (χ4v) is 3.98. The lowest BCUT2D eigenvalue weighted by Gasteiger charge is -2.25. The number of hydrogen-bond donors (Lipinski definition) is 1. The molecule has 5 rings (SSSR count). The van der Waals surface area contributed by atoms with Crippen molar-refractivity contribution in [3.8, 4) is 22.8 Å². The number of nitrogens with zero attached hydrogens (tertiary/aromatic N) is 4. The molecule has 5 aromatic rings. The molecule has 0 unspecified atom stereocenters. The van der Waals surface area contributed by atoms with Crippen LogP contribution in [0.3, 0.4) is 0 Å². The lowest BCUT2D eigenvalue weighted by Crippen LogP contribution is -2.22. The number of hydrogen-bond acceptors (Lipinski definition) is 5. The smallest absolute Gasteiger partial charge is 0.181 e. The fourth-order valence-electron chi connectivity index (χ4n) is 3.98. The molecule has 0 atom stereocenters. The molecule has 0 saturated carbocycles. The molecule has 0 aliphatic heterocycles. The van der Waals surface area contributed by atoms with Gasteiger partial charge in [0, 0.05) is 11.1 Å². The second kappa shape index (κ2) is 7.85. The summed E-state index contributed by atoms with van der Waals surface area (Å²) in [6.45, 7) is 8.29. The molecular weight excluding hydrogens is 417 g/mol. The van der Waals surface area contributed by atoms with Gasteiger partial charge in [-0.2, -0.15) is 0 Å². The van der Waals surface area contributed by atoms with E-state index in [-0.39, 0.29) is 11.4 Å². The predicted octanol–water partition coefficient (Wildman–Crippen LogP) is 6.70. The Morgan fingerprint density at radius 1 is 0.970 bits per heavy atom. The van der Waals surface area contributed by atoms with Gasteiger partial charge in [0.25, 0.3) is 0 Å². The number of anilines is 2. The molecule has 2 aromatic carbocycles. The first-order valence-electron chi connectivity index (χ1n) is 10.7. The third kappa shape index (κ3) is 3.86. The van der Waals surface area contributed by atoms with E-state index in [1.807, 2.05) is 31.2 Å². The molecular formula is C26H24FN5O. The van der Waals surface area contributed by atoms with Crippen molar-refractivity contribution in [1.82, 2.24) is 19.5 Å². The van der Waals surface area contributed by atoms with Gasteiger partial charge in [-0.25, -0.2) is 14.4 Å². The standard InChI is InChI=1S/C26H24FN5O/c1-16-24(33-15-29-16)21-13-12-19(14-28-21)30-20-6-5-7-22-23(20)31-25(32(22)26(2,3)4)17-8-10-18(27)11-9-17/h5-15,30H,1-4H3. The van der Waals surface area contributed by atoms with Gasteiger partial charge in [0.05, 0.1) is 28.8 Å². The number of nitrogens with one attached hydrogen (secondary N) is 1. The first-order valence-corrected chi connectivity index (χ1v) is 10.7. The second-order valence-electron chi connectivity index (χ2n) is 8.95. The van der Waals surface area contributed by atoms with E-state index in [1.54, 1.807) is 18.3 Å². The van der Waals surface area contributed by atoms with Crippen LogP contribution in [0.25, 0.3) is 33.9 Å². The minimum Gasteiger partial charge on any atom is -0.442 e. The van der Waals surface area contributed by atoms with Crippen LogP contribution in [0.2, 0.25) is 0 Å². The minimum atomic E-state index is -0.268. The molecule has 1 N–H and O–H groups in total. The highest BCUT2D eigenvalue weighted by Crippen LogP contribution is 2.35. The van der Waals surface area contributed by atoms with Crippen LogP contribution in [0.1, 0.15) is 26.5 Å². The second-order valence-corrected chi connectivity index (χ2v) is 8.95. The van der Waals surface area contributed by atoms with Gasteiger partial charge in [0.2, 0.25) is 0 Å². The van der Waals surface area contributed by atoms with Crippen LogP contribution in [0.15, 0.2) is 71.6 Å². The van der Waals surface area contributed by atoms with Gasteiger partial charge in [-0.15, -0.1) is 0 Å². The van der Waals surface area contributed by atoms with Crippen LogP contribution in [0, 0.1) is 12.7 Å². The Morgan fingerprint density at radius 3 is 2.39 bits per heavy atom. The number of para-hydroxylation sites is 1. The summed E-state index contributed by atoms with van der Waals surface area (Å²) in [4.78, 5) is 13.6. The summed E-state index contributed by atoms with van der Waals surface area (Å²) in [5, 5.41) is 3.44. The SMILES string of the molecule is Cc1ncoc1-c1ccc(Nc2cccc3c2nc(-c2ccc(F)cc2)n3C(C)(C)C)cn1. The maximum absolute atomic E-state index is 13.5. The first-order chi connectivity index (χ1) is 15.8. The number of aryl methyl sites for hydroxylation is 1. The lowest BCUT2D eigenvalue weighted by atomic mass is 10.1. The highest BCUT2D eigenvalue weighted by atomic mass is 19.1. The molecule has 0 fully saturated rings. The van der Waals surface area contributed by atoms with Crippen LogP contribution in [0.5, 0.6) is 0 Å². The van der Waals surface area contributed by atoms with Crippen molar-refractivity contribution in [3.63, 3.8) is 0 Å². The van der Waals surface area contributed by atoms with Crippen LogP contribution < -0.4 is 5.32 Å². The average molecular weight is 442 g/mol. The number of fused-ring (bicyclic) bond motifs is 1. The van der Waals surface area contributed by atoms with Gasteiger partial charge in [-0.05, 0) is 76.2 Å². The van der Waals surface area contributed by atoms with Gasteiger partial charge in [0.15, 0.2) is 12.2 Å². The molecule has 0 saturated heterocycles. The van der Waals surface area contributed by atoms with E-state index in [0.29, 0.717) is 5.76 Å². The number of halogens is 1. The van der Waals surface area contributed by atoms with Crippen LogP contribution in [-0.4, -0.2) is 19.5 Å². The maximum atomic E-state index is 13.5. The Bertz CT molecular complexity index is 1430. The van der Waals surface area contributed by atoms with Crippen molar-refractivity contribution in [2.75, 3.05) is 5.32 Å². The third-order valence-corrected chi connectivity index (χ3v) is 5.48. The van der Waals surface area contributed by atoms with E-state index in [2.05, 4.69) is 46.7 Å². The summed E-state index contributed by atoms with van der Waals surface area (Å²) in [6.07, 6.45) is 3.18. The molecule has 0 radical (unpaired) electrons. The van der Waals surface area contributed by atoms with E-state index < -0.39 is 0 Å². The van der Waals surface area contributed by atoms with Crippen molar-refractivity contribution in [2.45, 2.75) is 33.2 Å². The van der Waals surface area contributed by atoms with Gasteiger partial charge < -0.3 is 14.3 Å². The average Bonchev–Trinajstić information content (AvgIpc) is 3.39. The van der Waals surface area contributed by atoms with Crippen LogP contribution >= 0.6 is 0 Å². The molecule has 33 heavy (non-hydrogen) atoms. The van der Waals surface area contributed by atoms with E-state index >= 15 is 0 Å². The normalized spacial score (nSPS) is 11.8. The molecule has 6 nitrogen and oxygen atoms in total. The Morgan fingerprint density at radius 2 is 1.76 bits per heavy atom. The Kier molecular flexibility index (Phi) is 4.96.